The molecule has 4 rings (SSSR count). The number of aliphatic hydroxyl groups is 1. The molecule has 164 valence electrons. The van der Waals surface area contributed by atoms with Crippen LogP contribution in [0, 0.1) is 39.4 Å². The van der Waals surface area contributed by atoms with E-state index in [1.165, 1.54) is 19.3 Å². The summed E-state index contributed by atoms with van der Waals surface area (Å²) in [4.78, 5) is 23.5. The van der Waals surface area contributed by atoms with Gasteiger partial charge in [-0.2, -0.15) is 5.01 Å². The van der Waals surface area contributed by atoms with Gasteiger partial charge in [0.2, 0.25) is 0 Å². The van der Waals surface area contributed by atoms with Gasteiger partial charge in [0.25, 0.3) is 0 Å². The number of amides is 2. The van der Waals surface area contributed by atoms with Crippen molar-refractivity contribution in [2.75, 3.05) is 12.4 Å². The molecule has 0 heterocycles. The highest BCUT2D eigenvalue weighted by Gasteiger charge is 2.60. The summed E-state index contributed by atoms with van der Waals surface area (Å²) in [6.45, 7) is 4.99. The lowest BCUT2D eigenvalue weighted by Gasteiger charge is -2.60. The zero-order chi connectivity index (χ0) is 20.8. The van der Waals surface area contributed by atoms with Crippen molar-refractivity contribution >= 4 is 17.6 Å². The number of carbonyl (C=O) groups excluding carboxylic acids is 1. The van der Waals surface area contributed by atoms with E-state index in [1.807, 2.05) is 0 Å². The van der Waals surface area contributed by atoms with Crippen LogP contribution in [0.5, 0.6) is 0 Å². The van der Waals surface area contributed by atoms with E-state index < -0.39 is 6.03 Å². The third kappa shape index (κ3) is 3.48. The molecule has 0 bridgehead atoms. The van der Waals surface area contributed by atoms with E-state index in [9.17, 15) is 14.8 Å². The third-order valence-electron chi connectivity index (χ3n) is 9.57. The Morgan fingerprint density at radius 3 is 2.55 bits per heavy atom. The van der Waals surface area contributed by atoms with Crippen molar-refractivity contribution in [3.05, 3.63) is 4.91 Å². The number of urea groups is 1. The predicted molar refractivity (Wildman–Crippen MR) is 113 cm³/mol. The molecule has 4 aliphatic rings. The van der Waals surface area contributed by atoms with Gasteiger partial charge in [-0.1, -0.05) is 13.8 Å². The van der Waals surface area contributed by atoms with Crippen LogP contribution in [0.25, 0.3) is 0 Å². The zero-order valence-electron chi connectivity index (χ0n) is 17.8. The van der Waals surface area contributed by atoms with Crippen LogP contribution >= 0.6 is 11.6 Å². The first-order chi connectivity index (χ1) is 13.8. The number of aliphatic hydroxyl groups excluding tert-OH is 1. The summed E-state index contributed by atoms with van der Waals surface area (Å²) in [5.41, 5.74) is 0.452. The number of rotatable bonds is 4. The molecule has 7 heteroatoms. The third-order valence-corrected chi connectivity index (χ3v) is 9.73. The number of alkyl halides is 1. The highest BCUT2D eigenvalue weighted by atomic mass is 35.5. The van der Waals surface area contributed by atoms with Crippen LogP contribution < -0.4 is 5.32 Å². The first kappa shape index (κ1) is 21.4. The smallest absolute Gasteiger partial charge is 0.340 e. The molecule has 6 nitrogen and oxygen atoms in total. The van der Waals surface area contributed by atoms with Gasteiger partial charge >= 0.3 is 6.03 Å². The zero-order valence-corrected chi connectivity index (χ0v) is 18.5. The number of nitrogens with zero attached hydrogens (tertiary/aromatic N) is 2. The highest BCUT2D eigenvalue weighted by Crippen LogP contribution is 2.66. The van der Waals surface area contributed by atoms with Crippen LogP contribution in [0.4, 0.5) is 4.79 Å². The number of halogens is 1. The molecule has 2 amide bonds. The molecule has 0 aliphatic heterocycles. The van der Waals surface area contributed by atoms with Crippen molar-refractivity contribution in [3.8, 4) is 0 Å². The molecule has 0 unspecified atom stereocenters. The first-order valence-electron chi connectivity index (χ1n) is 11.5. The SMILES string of the molecule is C[C@]12CC[C@@H](O)C[C@@H]1CC[C@@H]1[C@@H]2CC[C@]2(C)[C@@H](NC(=O)N(CCCl)N=O)CC[C@@H]12. The molecule has 0 aromatic rings. The summed E-state index contributed by atoms with van der Waals surface area (Å²) >= 11 is 5.69. The Labute approximate surface area is 179 Å². The number of hydrogen-bond acceptors (Lipinski definition) is 4. The molecule has 4 saturated carbocycles. The standard InChI is InChI=1S/C22H36ClN3O3/c1-21-9-7-15(27)13-14(21)3-4-16-17-5-6-19(22(17,2)10-8-18(16)21)24-20(28)26(25-29)12-11-23/h14-19,27H,3-13H2,1-2H3,(H,24,28)/t14-,15+,16-,17-,18-,19-,21-,22-/m0/s1. The van der Waals surface area contributed by atoms with Gasteiger partial charge in [0.05, 0.1) is 17.9 Å². The Morgan fingerprint density at radius 1 is 1.10 bits per heavy atom. The normalized spacial score (nSPS) is 46.2. The Hall–Kier alpha value is -0.880. The van der Waals surface area contributed by atoms with Crippen LogP contribution in [0.1, 0.15) is 71.6 Å². The summed E-state index contributed by atoms with van der Waals surface area (Å²) in [6.07, 6.45) is 9.93. The van der Waals surface area contributed by atoms with Gasteiger partial charge in [-0.05, 0) is 92.3 Å². The van der Waals surface area contributed by atoms with Gasteiger partial charge in [0.1, 0.15) is 0 Å². The van der Waals surface area contributed by atoms with Crippen LogP contribution in [0.2, 0.25) is 0 Å². The number of nitrogens with one attached hydrogen (secondary N) is 1. The van der Waals surface area contributed by atoms with Gasteiger partial charge in [-0.25, -0.2) is 4.79 Å². The lowest BCUT2D eigenvalue weighted by atomic mass is 9.45. The Balaban J connectivity index is 1.49. The number of fused-ring (bicyclic) bond motifs is 5. The average molecular weight is 426 g/mol. The van der Waals surface area contributed by atoms with Gasteiger partial charge in [-0.15, -0.1) is 16.5 Å². The van der Waals surface area contributed by atoms with Crippen LogP contribution in [0.15, 0.2) is 5.29 Å². The number of nitroso groups, excluding NO2 is 1. The lowest BCUT2D eigenvalue weighted by Crippen LogP contribution is -2.56. The average Bonchev–Trinajstić information content (AvgIpc) is 3.03. The molecule has 0 saturated heterocycles. The quantitative estimate of drug-likeness (QED) is 0.389. The largest absolute Gasteiger partial charge is 0.393 e. The van der Waals surface area contributed by atoms with E-state index in [-0.39, 0.29) is 30.0 Å². The van der Waals surface area contributed by atoms with Crippen molar-refractivity contribution in [3.63, 3.8) is 0 Å². The van der Waals surface area contributed by atoms with Gasteiger partial charge < -0.3 is 10.4 Å². The molecule has 4 fully saturated rings. The summed E-state index contributed by atoms with van der Waals surface area (Å²) < 4.78 is 0. The minimum absolute atomic E-state index is 0.0870. The Bertz CT molecular complexity index is 649. The van der Waals surface area contributed by atoms with Crippen LogP contribution in [-0.2, 0) is 0 Å². The fraction of sp³-hybridized carbons (Fsp3) is 0.955. The summed E-state index contributed by atoms with van der Waals surface area (Å²) in [5, 5.41) is 17.1. The minimum Gasteiger partial charge on any atom is -0.393 e. The second kappa shape index (κ2) is 7.99. The van der Waals surface area contributed by atoms with E-state index in [1.54, 1.807) is 0 Å². The van der Waals surface area contributed by atoms with E-state index in [4.69, 9.17) is 11.6 Å². The molecule has 2 N–H and O–H groups in total. The van der Waals surface area contributed by atoms with E-state index >= 15 is 0 Å². The second-order valence-corrected chi connectivity index (χ2v) is 11.0. The van der Waals surface area contributed by atoms with Crippen LogP contribution in [0.3, 0.4) is 0 Å². The maximum Gasteiger partial charge on any atom is 0.340 e. The topological polar surface area (TPSA) is 82.0 Å². The van der Waals surface area contributed by atoms with Crippen LogP contribution in [-0.4, -0.2) is 40.7 Å². The second-order valence-electron chi connectivity index (χ2n) is 10.6. The minimum atomic E-state index is -0.411. The molecular formula is C22H36ClN3O3. The molecule has 4 aliphatic carbocycles. The highest BCUT2D eigenvalue weighted by molar-refractivity contribution is 6.18. The van der Waals surface area contributed by atoms with Gasteiger partial charge in [0, 0.05) is 11.9 Å². The molecular weight excluding hydrogens is 390 g/mol. The summed E-state index contributed by atoms with van der Waals surface area (Å²) in [6, 6.07) is -0.314. The molecule has 29 heavy (non-hydrogen) atoms. The molecule has 0 aromatic heterocycles. The Morgan fingerprint density at radius 2 is 1.83 bits per heavy atom. The fourth-order valence-corrected chi connectivity index (χ4v) is 8.12. The van der Waals surface area contributed by atoms with Gasteiger partial charge in [-0.3, -0.25) is 0 Å². The predicted octanol–water partition coefficient (Wildman–Crippen LogP) is 4.69. The fourth-order valence-electron chi connectivity index (χ4n) is 7.96. The van der Waals surface area contributed by atoms with Crippen molar-refractivity contribution in [1.29, 1.82) is 0 Å². The van der Waals surface area contributed by atoms with Crippen molar-refractivity contribution in [2.45, 2.75) is 83.8 Å². The number of carbonyl (C=O) groups is 1. The maximum atomic E-state index is 12.5. The van der Waals surface area contributed by atoms with E-state index in [0.717, 1.165) is 55.4 Å². The maximum absolute atomic E-state index is 12.5. The van der Waals surface area contributed by atoms with E-state index in [0.29, 0.717) is 17.3 Å². The van der Waals surface area contributed by atoms with E-state index in [2.05, 4.69) is 24.5 Å². The van der Waals surface area contributed by atoms with Crippen molar-refractivity contribution in [1.82, 2.24) is 10.3 Å². The monoisotopic (exact) mass is 425 g/mol. The molecule has 8 atom stereocenters. The first-order valence-corrected chi connectivity index (χ1v) is 12.0. The lowest BCUT2D eigenvalue weighted by molar-refractivity contribution is -0.123. The van der Waals surface area contributed by atoms with Gasteiger partial charge in [0.15, 0.2) is 0 Å². The van der Waals surface area contributed by atoms with Crippen molar-refractivity contribution in [2.24, 2.45) is 39.8 Å². The number of hydrogen-bond donors (Lipinski definition) is 2. The molecule has 0 radical (unpaired) electrons. The summed E-state index contributed by atoms with van der Waals surface area (Å²) in [5.74, 6) is 2.95. The summed E-state index contributed by atoms with van der Waals surface area (Å²) in [7, 11) is 0. The molecule has 0 aromatic carbocycles. The Kier molecular flexibility index (Phi) is 5.88. The van der Waals surface area contributed by atoms with Crippen molar-refractivity contribution < 1.29 is 9.90 Å². The molecule has 0 spiro atoms.